The van der Waals surface area contributed by atoms with Gasteiger partial charge in [-0.25, -0.2) is 4.79 Å². The number of hydrogen-bond acceptors (Lipinski definition) is 4. The van der Waals surface area contributed by atoms with E-state index in [9.17, 15) is 27.9 Å². The molecule has 1 amide bonds. The topological polar surface area (TPSA) is 75.6 Å². The largest absolute Gasteiger partial charge is 0.444 e. The standard InChI is InChI=1S/C18H22F3NO4/c1-16(2,3)26-15(25)22-17(9-5-8-13(23)14(17)24)11-6-4-7-12(10-11)18(19,20)21/h4,6-7,10,13,23H,5,8-9H2,1-3H3,(H,22,25). The molecule has 1 aliphatic rings. The van der Waals surface area contributed by atoms with Crippen LogP contribution in [0.15, 0.2) is 24.3 Å². The highest BCUT2D eigenvalue weighted by atomic mass is 19.4. The number of rotatable bonds is 2. The van der Waals surface area contributed by atoms with Gasteiger partial charge in [0.05, 0.1) is 5.56 Å². The van der Waals surface area contributed by atoms with E-state index in [1.807, 2.05) is 0 Å². The van der Waals surface area contributed by atoms with Crippen LogP contribution in [0.3, 0.4) is 0 Å². The van der Waals surface area contributed by atoms with Crippen LogP contribution in [0.25, 0.3) is 0 Å². The molecule has 1 saturated carbocycles. The number of nitrogens with one attached hydrogen (secondary N) is 1. The summed E-state index contributed by atoms with van der Waals surface area (Å²) < 4.78 is 44.4. The first kappa shape index (κ1) is 20.2. The van der Waals surface area contributed by atoms with Gasteiger partial charge < -0.3 is 15.2 Å². The van der Waals surface area contributed by atoms with E-state index in [2.05, 4.69) is 5.32 Å². The highest BCUT2D eigenvalue weighted by molar-refractivity contribution is 5.96. The summed E-state index contributed by atoms with van der Waals surface area (Å²) in [6.07, 6.45) is -6.28. The quantitative estimate of drug-likeness (QED) is 0.832. The maximum Gasteiger partial charge on any atom is 0.416 e. The fourth-order valence-corrected chi connectivity index (χ4v) is 3.02. The van der Waals surface area contributed by atoms with Crippen LogP contribution in [0.2, 0.25) is 0 Å². The van der Waals surface area contributed by atoms with E-state index in [0.29, 0.717) is 6.42 Å². The Labute approximate surface area is 149 Å². The minimum atomic E-state index is -4.60. The number of amides is 1. The predicted octanol–water partition coefficient (Wildman–Crippen LogP) is 3.54. The monoisotopic (exact) mass is 373 g/mol. The zero-order chi connectivity index (χ0) is 19.8. The lowest BCUT2D eigenvalue weighted by molar-refractivity contribution is -0.139. The molecule has 2 N–H and O–H groups in total. The molecule has 1 fully saturated rings. The zero-order valence-electron chi connectivity index (χ0n) is 14.8. The number of hydrogen-bond donors (Lipinski definition) is 2. The smallest absolute Gasteiger partial charge is 0.416 e. The average Bonchev–Trinajstić information content (AvgIpc) is 2.49. The van der Waals surface area contributed by atoms with Crippen LogP contribution < -0.4 is 5.32 Å². The van der Waals surface area contributed by atoms with E-state index in [4.69, 9.17) is 4.74 Å². The molecule has 1 aromatic carbocycles. The van der Waals surface area contributed by atoms with Crippen molar-refractivity contribution in [3.8, 4) is 0 Å². The summed E-state index contributed by atoms with van der Waals surface area (Å²) in [7, 11) is 0. The maximum atomic E-state index is 13.1. The fraction of sp³-hybridized carbons (Fsp3) is 0.556. The molecule has 2 unspecified atom stereocenters. The fourth-order valence-electron chi connectivity index (χ4n) is 3.02. The predicted molar refractivity (Wildman–Crippen MR) is 87.4 cm³/mol. The average molecular weight is 373 g/mol. The molecule has 2 rings (SSSR count). The molecule has 0 aliphatic heterocycles. The normalized spacial score (nSPS) is 24.3. The first-order valence-corrected chi connectivity index (χ1v) is 8.26. The number of benzene rings is 1. The molecule has 1 aromatic rings. The van der Waals surface area contributed by atoms with E-state index in [0.717, 1.165) is 12.1 Å². The van der Waals surface area contributed by atoms with Crippen molar-refractivity contribution < 1.29 is 32.6 Å². The Bertz CT molecular complexity index is 696. The van der Waals surface area contributed by atoms with Crippen molar-refractivity contribution in [3.05, 3.63) is 35.4 Å². The molecule has 0 radical (unpaired) electrons. The second-order valence-corrected chi connectivity index (χ2v) is 7.38. The van der Waals surface area contributed by atoms with Crippen LogP contribution in [0.4, 0.5) is 18.0 Å². The van der Waals surface area contributed by atoms with E-state index in [-0.39, 0.29) is 18.4 Å². The Hall–Kier alpha value is -2.09. The summed E-state index contributed by atoms with van der Waals surface area (Å²) in [5, 5.41) is 12.4. The number of ketones is 1. The van der Waals surface area contributed by atoms with E-state index in [1.165, 1.54) is 12.1 Å². The van der Waals surface area contributed by atoms with Gasteiger partial charge in [-0.15, -0.1) is 0 Å². The Morgan fingerprint density at radius 2 is 1.96 bits per heavy atom. The second kappa shape index (κ2) is 6.90. The summed E-state index contributed by atoms with van der Waals surface area (Å²) in [6, 6.07) is 4.22. The van der Waals surface area contributed by atoms with Crippen LogP contribution in [-0.2, 0) is 21.2 Å². The molecule has 0 heterocycles. The van der Waals surface area contributed by atoms with Gasteiger partial charge in [-0.1, -0.05) is 12.1 Å². The van der Waals surface area contributed by atoms with Crippen LogP contribution in [0.5, 0.6) is 0 Å². The van der Waals surface area contributed by atoms with Gasteiger partial charge in [-0.2, -0.15) is 13.2 Å². The number of aliphatic hydroxyl groups is 1. The number of carbonyl (C=O) groups excluding carboxylic acids is 2. The van der Waals surface area contributed by atoms with Crippen LogP contribution in [-0.4, -0.2) is 28.7 Å². The summed E-state index contributed by atoms with van der Waals surface area (Å²) >= 11 is 0. The molecule has 5 nitrogen and oxygen atoms in total. The van der Waals surface area contributed by atoms with Gasteiger partial charge >= 0.3 is 12.3 Å². The number of ether oxygens (including phenoxy) is 1. The molecular formula is C18H22F3NO4. The Balaban J connectivity index is 2.48. The molecule has 1 aliphatic carbocycles. The van der Waals surface area contributed by atoms with Crippen molar-refractivity contribution in [2.24, 2.45) is 0 Å². The van der Waals surface area contributed by atoms with Crippen molar-refractivity contribution in [1.29, 1.82) is 0 Å². The summed E-state index contributed by atoms with van der Waals surface area (Å²) in [4.78, 5) is 25.0. The van der Waals surface area contributed by atoms with Crippen molar-refractivity contribution >= 4 is 11.9 Å². The van der Waals surface area contributed by atoms with Gasteiger partial charge in [0.15, 0.2) is 5.78 Å². The highest BCUT2D eigenvalue weighted by Gasteiger charge is 2.48. The number of halogens is 3. The van der Waals surface area contributed by atoms with Gasteiger partial charge in [0.25, 0.3) is 0 Å². The van der Waals surface area contributed by atoms with Crippen molar-refractivity contribution in [1.82, 2.24) is 5.32 Å². The molecule has 8 heteroatoms. The molecule has 26 heavy (non-hydrogen) atoms. The molecule has 0 saturated heterocycles. The van der Waals surface area contributed by atoms with Gasteiger partial charge in [-0.05, 0) is 57.7 Å². The molecular weight excluding hydrogens is 351 g/mol. The molecule has 0 bridgehead atoms. The van der Waals surface area contributed by atoms with E-state index < -0.39 is 40.9 Å². The van der Waals surface area contributed by atoms with Gasteiger partial charge in [-0.3, -0.25) is 4.79 Å². The first-order chi connectivity index (χ1) is 11.8. The van der Waals surface area contributed by atoms with Gasteiger partial charge in [0, 0.05) is 0 Å². The molecule has 144 valence electrons. The first-order valence-electron chi connectivity index (χ1n) is 8.26. The number of alkyl halides is 3. The summed E-state index contributed by atoms with van der Waals surface area (Å²) in [5.41, 5.74) is -3.58. The third kappa shape index (κ3) is 4.35. The maximum absolute atomic E-state index is 13.1. The lowest BCUT2D eigenvalue weighted by atomic mass is 9.74. The highest BCUT2D eigenvalue weighted by Crippen LogP contribution is 2.38. The Morgan fingerprint density at radius 3 is 2.54 bits per heavy atom. The Kier molecular flexibility index (Phi) is 5.37. The number of alkyl carbamates (subject to hydrolysis) is 1. The Morgan fingerprint density at radius 1 is 1.31 bits per heavy atom. The minimum Gasteiger partial charge on any atom is -0.444 e. The SMILES string of the molecule is CC(C)(C)OC(=O)NC1(c2cccc(C(F)(F)F)c2)CCCC(O)C1=O. The lowest BCUT2D eigenvalue weighted by Gasteiger charge is -2.39. The van der Waals surface area contributed by atoms with Gasteiger partial charge in [0.2, 0.25) is 0 Å². The minimum absolute atomic E-state index is 0.0260. The molecule has 2 atom stereocenters. The lowest BCUT2D eigenvalue weighted by Crippen LogP contribution is -2.58. The number of Topliss-reactive ketones (excluding diaryl/α,β-unsaturated/α-hetero) is 1. The van der Waals surface area contributed by atoms with Crippen LogP contribution in [0, 0.1) is 0 Å². The van der Waals surface area contributed by atoms with Gasteiger partial charge in [0.1, 0.15) is 17.2 Å². The van der Waals surface area contributed by atoms with E-state index in [1.54, 1.807) is 20.8 Å². The molecule has 0 aromatic heterocycles. The zero-order valence-corrected chi connectivity index (χ0v) is 14.8. The number of carbonyl (C=O) groups is 2. The number of aliphatic hydroxyl groups excluding tert-OH is 1. The summed E-state index contributed by atoms with van der Waals surface area (Å²) in [5.74, 6) is -0.742. The summed E-state index contributed by atoms with van der Waals surface area (Å²) in [6.45, 7) is 4.88. The van der Waals surface area contributed by atoms with Crippen LogP contribution in [0.1, 0.15) is 51.2 Å². The third-order valence-corrected chi connectivity index (χ3v) is 4.15. The van der Waals surface area contributed by atoms with E-state index >= 15 is 0 Å². The second-order valence-electron chi connectivity index (χ2n) is 7.38. The van der Waals surface area contributed by atoms with Crippen LogP contribution >= 0.6 is 0 Å². The third-order valence-electron chi connectivity index (χ3n) is 4.15. The van der Waals surface area contributed by atoms with Crippen molar-refractivity contribution in [3.63, 3.8) is 0 Å². The molecule has 0 spiro atoms. The van der Waals surface area contributed by atoms with Crippen molar-refractivity contribution in [2.45, 2.75) is 63.5 Å². The van der Waals surface area contributed by atoms with Crippen molar-refractivity contribution in [2.75, 3.05) is 0 Å².